The fourth-order valence-electron chi connectivity index (χ4n) is 3.70. The number of urea groups is 1. The number of imidazole rings is 1. The summed E-state index contributed by atoms with van der Waals surface area (Å²) in [5.41, 5.74) is -0.0270. The van der Waals surface area contributed by atoms with Crippen molar-refractivity contribution in [3.05, 3.63) is 48.3 Å². The van der Waals surface area contributed by atoms with Crippen LogP contribution in [0.3, 0.4) is 0 Å². The van der Waals surface area contributed by atoms with E-state index in [1.54, 1.807) is 17.0 Å². The Balaban J connectivity index is 1.42. The van der Waals surface area contributed by atoms with E-state index < -0.39 is 11.9 Å². The summed E-state index contributed by atoms with van der Waals surface area (Å²) < 4.78 is 41.4. The Bertz CT molecular complexity index is 1110. The summed E-state index contributed by atoms with van der Waals surface area (Å²) in [6.07, 6.45) is -0.222. The Morgan fingerprint density at radius 3 is 2.62 bits per heavy atom. The van der Waals surface area contributed by atoms with E-state index >= 15 is 0 Å². The molecule has 0 bridgehead atoms. The number of aromatic nitrogens is 5. The SMILES string of the molecule is CCNC(=O)Nc1cc(CN2CCN(c3ccc(-c4ncc[nH]4)nc3C(F)(F)F)CC2)ncn1. The first-order valence-electron chi connectivity index (χ1n) is 10.7. The van der Waals surface area contributed by atoms with Crippen LogP contribution in [0.15, 0.2) is 36.9 Å². The smallest absolute Gasteiger partial charge is 0.367 e. The molecule has 3 aromatic heterocycles. The van der Waals surface area contributed by atoms with Crippen LogP contribution >= 0.6 is 0 Å². The predicted octanol–water partition coefficient (Wildman–Crippen LogP) is 2.74. The molecule has 0 radical (unpaired) electrons. The maximum Gasteiger partial charge on any atom is 0.435 e. The second-order valence-electron chi connectivity index (χ2n) is 7.64. The minimum atomic E-state index is -4.59. The van der Waals surface area contributed by atoms with E-state index in [-0.39, 0.29) is 23.2 Å². The zero-order valence-corrected chi connectivity index (χ0v) is 18.4. The van der Waals surface area contributed by atoms with Gasteiger partial charge in [-0.15, -0.1) is 0 Å². The fraction of sp³-hybridized carbons (Fsp3) is 0.381. The normalized spacial score (nSPS) is 14.8. The molecule has 10 nitrogen and oxygen atoms in total. The topological polar surface area (TPSA) is 115 Å². The molecule has 1 fully saturated rings. The second kappa shape index (κ2) is 10.0. The highest BCUT2D eigenvalue weighted by Crippen LogP contribution is 2.36. The predicted molar refractivity (Wildman–Crippen MR) is 119 cm³/mol. The number of carbonyl (C=O) groups is 1. The standard InChI is InChI=1S/C21H24F3N9O/c1-2-25-20(34)31-17-11-14(28-13-29-17)12-32-7-9-33(10-8-32)16-4-3-15(19-26-5-6-27-19)30-18(16)21(22,23)24/h3-6,11,13H,2,7-10,12H2,1H3,(H,26,27)(H2,25,28,29,31,34). The Hall–Kier alpha value is -3.74. The molecule has 0 saturated carbocycles. The van der Waals surface area contributed by atoms with Crippen molar-refractivity contribution in [2.24, 2.45) is 0 Å². The van der Waals surface area contributed by atoms with Gasteiger partial charge in [0.1, 0.15) is 17.8 Å². The maximum absolute atomic E-state index is 13.8. The molecule has 2 amide bonds. The van der Waals surface area contributed by atoms with Gasteiger partial charge in [0.15, 0.2) is 11.5 Å². The van der Waals surface area contributed by atoms with Gasteiger partial charge in [0.25, 0.3) is 0 Å². The number of rotatable bonds is 6. The minimum absolute atomic E-state index is 0.0536. The molecule has 180 valence electrons. The summed E-state index contributed by atoms with van der Waals surface area (Å²) in [6.45, 7) is 4.68. The van der Waals surface area contributed by atoms with Crippen LogP contribution in [0.5, 0.6) is 0 Å². The number of hydrogen-bond donors (Lipinski definition) is 3. The molecule has 0 aromatic carbocycles. The van der Waals surface area contributed by atoms with Crippen LogP contribution in [0.2, 0.25) is 0 Å². The van der Waals surface area contributed by atoms with Gasteiger partial charge >= 0.3 is 12.2 Å². The molecule has 34 heavy (non-hydrogen) atoms. The van der Waals surface area contributed by atoms with Crippen molar-refractivity contribution >= 4 is 17.5 Å². The van der Waals surface area contributed by atoms with Crippen molar-refractivity contribution in [1.29, 1.82) is 0 Å². The number of anilines is 2. The molecule has 1 aliphatic heterocycles. The van der Waals surface area contributed by atoms with E-state index in [0.717, 1.165) is 0 Å². The number of nitrogens with zero attached hydrogens (tertiary/aromatic N) is 6. The van der Waals surface area contributed by atoms with E-state index in [4.69, 9.17) is 0 Å². The van der Waals surface area contributed by atoms with Crippen LogP contribution in [0.25, 0.3) is 11.5 Å². The summed E-state index contributed by atoms with van der Waals surface area (Å²) in [4.78, 5) is 34.4. The average molecular weight is 475 g/mol. The van der Waals surface area contributed by atoms with E-state index in [2.05, 4.69) is 40.5 Å². The third-order valence-corrected chi connectivity index (χ3v) is 5.28. The van der Waals surface area contributed by atoms with Crippen molar-refractivity contribution in [2.45, 2.75) is 19.6 Å². The first kappa shape index (κ1) is 23.4. The Morgan fingerprint density at radius 1 is 1.15 bits per heavy atom. The third kappa shape index (κ3) is 5.60. The molecular formula is C21H24F3N9O. The number of H-pyrrole nitrogens is 1. The summed E-state index contributed by atoms with van der Waals surface area (Å²) >= 11 is 0. The summed E-state index contributed by atoms with van der Waals surface area (Å²) in [5, 5.41) is 5.26. The highest BCUT2D eigenvalue weighted by atomic mass is 19.4. The molecule has 0 aliphatic carbocycles. The number of carbonyl (C=O) groups excluding carboxylic acids is 1. The van der Waals surface area contributed by atoms with Crippen LogP contribution in [0, 0.1) is 0 Å². The van der Waals surface area contributed by atoms with E-state index in [1.807, 2.05) is 6.92 Å². The lowest BCUT2D eigenvalue weighted by Crippen LogP contribution is -2.46. The third-order valence-electron chi connectivity index (χ3n) is 5.28. The van der Waals surface area contributed by atoms with Crippen LogP contribution < -0.4 is 15.5 Å². The molecule has 0 atom stereocenters. The van der Waals surface area contributed by atoms with Gasteiger partial charge < -0.3 is 15.2 Å². The largest absolute Gasteiger partial charge is 0.435 e. The highest BCUT2D eigenvalue weighted by Gasteiger charge is 2.38. The van der Waals surface area contributed by atoms with Gasteiger partial charge in [0, 0.05) is 57.7 Å². The molecule has 1 saturated heterocycles. The van der Waals surface area contributed by atoms with Crippen molar-refractivity contribution < 1.29 is 18.0 Å². The zero-order valence-electron chi connectivity index (χ0n) is 18.4. The van der Waals surface area contributed by atoms with Crippen molar-refractivity contribution in [1.82, 2.24) is 35.1 Å². The number of piperazine rings is 1. The average Bonchev–Trinajstić information content (AvgIpc) is 3.34. The molecule has 13 heteroatoms. The number of aromatic amines is 1. The van der Waals surface area contributed by atoms with E-state index in [0.29, 0.717) is 50.8 Å². The molecule has 0 unspecified atom stereocenters. The first-order valence-corrected chi connectivity index (χ1v) is 10.7. The van der Waals surface area contributed by atoms with Gasteiger partial charge in [-0.2, -0.15) is 13.2 Å². The van der Waals surface area contributed by atoms with Crippen LogP contribution in [-0.2, 0) is 12.7 Å². The number of nitrogens with one attached hydrogen (secondary N) is 3. The number of alkyl halides is 3. The van der Waals surface area contributed by atoms with E-state index in [1.165, 1.54) is 24.8 Å². The van der Waals surface area contributed by atoms with Gasteiger partial charge in [-0.1, -0.05) is 0 Å². The van der Waals surface area contributed by atoms with Crippen LogP contribution in [0.1, 0.15) is 18.3 Å². The van der Waals surface area contributed by atoms with Crippen molar-refractivity contribution in [2.75, 3.05) is 42.9 Å². The minimum Gasteiger partial charge on any atom is -0.367 e. The van der Waals surface area contributed by atoms with Crippen molar-refractivity contribution in [3.8, 4) is 11.5 Å². The van der Waals surface area contributed by atoms with Gasteiger partial charge in [-0.3, -0.25) is 10.2 Å². The second-order valence-corrected chi connectivity index (χ2v) is 7.64. The number of amides is 2. The van der Waals surface area contributed by atoms with Gasteiger partial charge in [0.2, 0.25) is 0 Å². The molecular weight excluding hydrogens is 451 g/mol. The Morgan fingerprint density at radius 2 is 1.94 bits per heavy atom. The summed E-state index contributed by atoms with van der Waals surface area (Å²) in [5.74, 6) is 0.667. The van der Waals surface area contributed by atoms with Gasteiger partial charge in [0.05, 0.1) is 11.4 Å². The zero-order chi connectivity index (χ0) is 24.1. The molecule has 1 aliphatic rings. The molecule has 0 spiro atoms. The maximum atomic E-state index is 13.8. The quantitative estimate of drug-likeness (QED) is 0.502. The van der Waals surface area contributed by atoms with Gasteiger partial charge in [-0.25, -0.2) is 24.7 Å². The van der Waals surface area contributed by atoms with Crippen LogP contribution in [0.4, 0.5) is 29.5 Å². The molecule has 4 heterocycles. The molecule has 3 N–H and O–H groups in total. The summed E-state index contributed by atoms with van der Waals surface area (Å²) in [7, 11) is 0. The Kier molecular flexibility index (Phi) is 6.91. The number of halogens is 3. The lowest BCUT2D eigenvalue weighted by molar-refractivity contribution is -0.140. The highest BCUT2D eigenvalue weighted by molar-refractivity contribution is 5.88. The summed E-state index contributed by atoms with van der Waals surface area (Å²) in [6, 6.07) is 4.32. The lowest BCUT2D eigenvalue weighted by Gasteiger charge is -2.36. The van der Waals surface area contributed by atoms with E-state index in [9.17, 15) is 18.0 Å². The number of pyridine rings is 1. The van der Waals surface area contributed by atoms with Gasteiger partial charge in [-0.05, 0) is 19.1 Å². The lowest BCUT2D eigenvalue weighted by atomic mass is 10.2. The first-order chi connectivity index (χ1) is 16.3. The van der Waals surface area contributed by atoms with Crippen molar-refractivity contribution in [3.63, 3.8) is 0 Å². The van der Waals surface area contributed by atoms with Crippen LogP contribution in [-0.4, -0.2) is 68.6 Å². The molecule has 4 rings (SSSR count). The monoisotopic (exact) mass is 475 g/mol. The number of hydrogen-bond acceptors (Lipinski definition) is 7. The Labute approximate surface area is 193 Å². The fourth-order valence-corrected chi connectivity index (χ4v) is 3.70. The molecule has 3 aromatic rings.